The van der Waals surface area contributed by atoms with Crippen molar-refractivity contribution in [2.75, 3.05) is 19.6 Å². The van der Waals surface area contributed by atoms with Gasteiger partial charge in [-0.05, 0) is 11.8 Å². The molecule has 0 aromatic rings. The van der Waals surface area contributed by atoms with Crippen LogP contribution >= 0.6 is 0 Å². The van der Waals surface area contributed by atoms with Crippen molar-refractivity contribution in [3.63, 3.8) is 0 Å². The van der Waals surface area contributed by atoms with Crippen LogP contribution in [0.15, 0.2) is 0 Å². The molecule has 0 aromatic heterocycles. The fourth-order valence-electron chi connectivity index (χ4n) is 2.51. The summed E-state index contributed by atoms with van der Waals surface area (Å²) in [5, 5.41) is 0. The molecule has 1 rings (SSSR count). The highest BCUT2D eigenvalue weighted by atomic mass is 19.3. The Morgan fingerprint density at radius 3 is 1.79 bits per heavy atom. The lowest BCUT2D eigenvalue weighted by atomic mass is 9.63. The van der Waals surface area contributed by atoms with Crippen LogP contribution in [0.2, 0.25) is 0 Å². The lowest BCUT2D eigenvalue weighted by molar-refractivity contribution is -0.0909. The second kappa shape index (κ2) is 4.13. The molecule has 1 saturated heterocycles. The van der Waals surface area contributed by atoms with Crippen LogP contribution in [0.5, 0.6) is 0 Å². The third kappa shape index (κ3) is 2.08. The van der Waals surface area contributed by atoms with E-state index in [9.17, 15) is 8.78 Å². The van der Waals surface area contributed by atoms with Crippen molar-refractivity contribution >= 4 is 0 Å². The summed E-state index contributed by atoms with van der Waals surface area (Å²) in [4.78, 5) is 1.87. The van der Waals surface area contributed by atoms with E-state index < -0.39 is 6.43 Å². The van der Waals surface area contributed by atoms with Crippen LogP contribution in [-0.2, 0) is 0 Å². The molecule has 14 heavy (non-hydrogen) atoms. The van der Waals surface area contributed by atoms with Crippen molar-refractivity contribution < 1.29 is 8.78 Å². The van der Waals surface area contributed by atoms with Crippen LogP contribution in [0.4, 0.5) is 8.78 Å². The molecule has 0 unspecified atom stereocenters. The van der Waals surface area contributed by atoms with Gasteiger partial charge in [0.1, 0.15) is 0 Å². The molecule has 0 spiro atoms. The molecule has 1 fully saturated rings. The van der Waals surface area contributed by atoms with Crippen molar-refractivity contribution in [1.82, 2.24) is 4.90 Å². The lowest BCUT2D eigenvalue weighted by Crippen LogP contribution is -2.62. The number of nitrogens with zero attached hydrogens (tertiary/aromatic N) is 1. The topological polar surface area (TPSA) is 3.24 Å². The molecular formula is C11H21F2N. The van der Waals surface area contributed by atoms with Crippen LogP contribution in [0.3, 0.4) is 0 Å². The number of rotatable bonds is 4. The summed E-state index contributed by atoms with van der Waals surface area (Å²) in [7, 11) is 0. The molecule has 3 heteroatoms. The van der Waals surface area contributed by atoms with E-state index in [2.05, 4.69) is 27.7 Å². The SMILES string of the molecule is CC(C)C1(C(C)C)CN(CC(F)F)C1. The van der Waals surface area contributed by atoms with Crippen LogP contribution < -0.4 is 0 Å². The quantitative estimate of drug-likeness (QED) is 0.682. The fraction of sp³-hybridized carbons (Fsp3) is 1.00. The van der Waals surface area contributed by atoms with E-state index in [0.717, 1.165) is 13.1 Å². The van der Waals surface area contributed by atoms with Gasteiger partial charge in [-0.2, -0.15) is 0 Å². The molecule has 1 aliphatic rings. The number of hydrogen-bond donors (Lipinski definition) is 0. The largest absolute Gasteiger partial charge is 0.296 e. The zero-order chi connectivity index (χ0) is 10.9. The molecule has 0 aliphatic carbocycles. The van der Waals surface area contributed by atoms with Gasteiger partial charge < -0.3 is 0 Å². The van der Waals surface area contributed by atoms with Crippen molar-refractivity contribution in [1.29, 1.82) is 0 Å². The molecule has 0 aromatic carbocycles. The van der Waals surface area contributed by atoms with Gasteiger partial charge in [-0.3, -0.25) is 4.90 Å². The Morgan fingerprint density at radius 1 is 1.07 bits per heavy atom. The summed E-state index contributed by atoms with van der Waals surface area (Å²) in [6, 6.07) is 0. The second-order valence-electron chi connectivity index (χ2n) is 5.10. The van der Waals surface area contributed by atoms with Gasteiger partial charge in [0.15, 0.2) is 0 Å². The molecule has 0 saturated carbocycles. The molecule has 1 nitrogen and oxygen atoms in total. The highest BCUT2D eigenvalue weighted by Gasteiger charge is 2.47. The average molecular weight is 205 g/mol. The highest BCUT2D eigenvalue weighted by Crippen LogP contribution is 2.44. The number of likely N-dealkylation sites (tertiary alicyclic amines) is 1. The highest BCUT2D eigenvalue weighted by molar-refractivity contribution is 4.98. The van der Waals surface area contributed by atoms with E-state index in [-0.39, 0.29) is 12.0 Å². The summed E-state index contributed by atoms with van der Waals surface area (Å²) in [5.74, 6) is 1.16. The van der Waals surface area contributed by atoms with E-state index >= 15 is 0 Å². The predicted octanol–water partition coefficient (Wildman–Crippen LogP) is 2.87. The number of hydrogen-bond acceptors (Lipinski definition) is 1. The average Bonchev–Trinajstić information content (AvgIpc) is 1.93. The summed E-state index contributed by atoms with van der Waals surface area (Å²) in [6.45, 7) is 10.4. The Bertz CT molecular complexity index is 174. The van der Waals surface area contributed by atoms with Gasteiger partial charge in [0.25, 0.3) is 6.43 Å². The molecular weight excluding hydrogens is 184 g/mol. The normalized spacial score (nSPS) is 22.1. The maximum atomic E-state index is 12.1. The van der Waals surface area contributed by atoms with Crippen LogP contribution in [-0.4, -0.2) is 31.0 Å². The maximum absolute atomic E-state index is 12.1. The molecule has 0 N–H and O–H groups in total. The van der Waals surface area contributed by atoms with E-state index in [1.165, 1.54) is 0 Å². The third-order valence-corrected chi connectivity index (χ3v) is 3.73. The van der Waals surface area contributed by atoms with Crippen molar-refractivity contribution in [3.8, 4) is 0 Å². The summed E-state index contributed by atoms with van der Waals surface area (Å²) >= 11 is 0. The molecule has 1 aliphatic heterocycles. The van der Waals surface area contributed by atoms with E-state index in [4.69, 9.17) is 0 Å². The van der Waals surface area contributed by atoms with Crippen LogP contribution in [0, 0.1) is 17.3 Å². The fourth-order valence-corrected chi connectivity index (χ4v) is 2.51. The second-order valence-corrected chi connectivity index (χ2v) is 5.10. The monoisotopic (exact) mass is 205 g/mol. The van der Waals surface area contributed by atoms with Crippen LogP contribution in [0.1, 0.15) is 27.7 Å². The Balaban J connectivity index is 2.48. The first-order valence-electron chi connectivity index (χ1n) is 5.39. The van der Waals surface area contributed by atoms with Gasteiger partial charge in [-0.1, -0.05) is 27.7 Å². The Kier molecular flexibility index (Phi) is 3.51. The summed E-state index contributed by atoms with van der Waals surface area (Å²) < 4.78 is 24.2. The third-order valence-electron chi connectivity index (χ3n) is 3.73. The lowest BCUT2D eigenvalue weighted by Gasteiger charge is -2.55. The Morgan fingerprint density at radius 2 is 1.50 bits per heavy atom. The maximum Gasteiger partial charge on any atom is 0.251 e. The first-order chi connectivity index (χ1) is 6.38. The molecule has 0 radical (unpaired) electrons. The zero-order valence-corrected chi connectivity index (χ0v) is 9.56. The summed E-state index contributed by atoms with van der Waals surface area (Å²) in [6.07, 6.45) is -2.19. The van der Waals surface area contributed by atoms with E-state index in [1.807, 2.05) is 4.90 Å². The molecule has 0 amide bonds. The van der Waals surface area contributed by atoms with Gasteiger partial charge in [0, 0.05) is 18.5 Å². The van der Waals surface area contributed by atoms with E-state index in [1.54, 1.807) is 0 Å². The molecule has 84 valence electrons. The molecule has 0 bridgehead atoms. The Labute approximate surface area is 85.5 Å². The minimum Gasteiger partial charge on any atom is -0.296 e. The Hall–Kier alpha value is -0.180. The van der Waals surface area contributed by atoms with Gasteiger partial charge in [0.2, 0.25) is 0 Å². The standard InChI is InChI=1S/C11H21F2N/c1-8(2)11(9(3)4)6-14(7-11)5-10(12)13/h8-10H,5-7H2,1-4H3. The minimum atomic E-state index is -2.19. The van der Waals surface area contributed by atoms with Gasteiger partial charge in [-0.15, -0.1) is 0 Å². The summed E-state index contributed by atoms with van der Waals surface area (Å²) in [5.41, 5.74) is 0.273. The van der Waals surface area contributed by atoms with E-state index in [0.29, 0.717) is 11.8 Å². The van der Waals surface area contributed by atoms with Crippen molar-refractivity contribution in [3.05, 3.63) is 0 Å². The zero-order valence-electron chi connectivity index (χ0n) is 9.56. The van der Waals surface area contributed by atoms with Crippen molar-refractivity contribution in [2.45, 2.75) is 34.1 Å². The van der Waals surface area contributed by atoms with Gasteiger partial charge in [0.05, 0.1) is 6.54 Å². The van der Waals surface area contributed by atoms with Crippen LogP contribution in [0.25, 0.3) is 0 Å². The predicted molar refractivity (Wildman–Crippen MR) is 54.6 cm³/mol. The number of alkyl halides is 2. The molecule has 1 heterocycles. The first kappa shape index (κ1) is 11.9. The number of halogens is 2. The van der Waals surface area contributed by atoms with Gasteiger partial charge >= 0.3 is 0 Å². The minimum absolute atomic E-state index is 0.0544. The smallest absolute Gasteiger partial charge is 0.251 e. The first-order valence-corrected chi connectivity index (χ1v) is 5.39. The van der Waals surface area contributed by atoms with Gasteiger partial charge in [-0.25, -0.2) is 8.78 Å². The molecule has 0 atom stereocenters. The van der Waals surface area contributed by atoms with Crippen molar-refractivity contribution in [2.24, 2.45) is 17.3 Å².